The molecule has 1 heterocycles. The number of esters is 1. The van der Waals surface area contributed by atoms with Crippen molar-refractivity contribution in [2.75, 3.05) is 13.2 Å². The summed E-state index contributed by atoms with van der Waals surface area (Å²) in [5.41, 5.74) is -0.697. The SMILES string of the molecule is NS(=O)(=O)c1cc(C(=O)OC2COC2)c(F)cc1F. The first kappa shape index (κ1) is 13.8. The van der Waals surface area contributed by atoms with Crippen molar-refractivity contribution in [3.05, 3.63) is 29.3 Å². The molecule has 1 aromatic carbocycles. The van der Waals surface area contributed by atoms with Crippen LogP contribution in [-0.4, -0.2) is 33.7 Å². The quantitative estimate of drug-likeness (QED) is 0.801. The molecule has 9 heteroatoms. The summed E-state index contributed by atoms with van der Waals surface area (Å²) in [7, 11) is -4.40. The molecule has 1 aliphatic rings. The lowest BCUT2D eigenvalue weighted by molar-refractivity contribution is -0.103. The monoisotopic (exact) mass is 293 g/mol. The summed E-state index contributed by atoms with van der Waals surface area (Å²) >= 11 is 0. The molecule has 1 saturated heterocycles. The third-order valence-corrected chi connectivity index (χ3v) is 3.36. The number of carbonyl (C=O) groups excluding carboxylic acids is 1. The maximum atomic E-state index is 13.4. The van der Waals surface area contributed by atoms with Crippen LogP contribution in [0, 0.1) is 11.6 Å². The number of halogens is 2. The van der Waals surface area contributed by atoms with Crippen molar-refractivity contribution < 1.29 is 31.5 Å². The largest absolute Gasteiger partial charge is 0.454 e. The summed E-state index contributed by atoms with van der Waals surface area (Å²) in [6.07, 6.45) is -0.519. The van der Waals surface area contributed by atoms with E-state index in [4.69, 9.17) is 14.6 Å². The molecule has 0 spiro atoms. The normalized spacial score (nSPS) is 15.9. The van der Waals surface area contributed by atoms with Crippen LogP contribution >= 0.6 is 0 Å². The average Bonchev–Trinajstić information content (AvgIpc) is 2.21. The van der Waals surface area contributed by atoms with E-state index >= 15 is 0 Å². The van der Waals surface area contributed by atoms with Crippen molar-refractivity contribution in [2.45, 2.75) is 11.0 Å². The van der Waals surface area contributed by atoms with Gasteiger partial charge in [0.1, 0.15) is 22.6 Å². The number of sulfonamides is 1. The van der Waals surface area contributed by atoms with Crippen LogP contribution in [0.4, 0.5) is 8.78 Å². The first-order chi connectivity index (χ1) is 8.79. The Morgan fingerprint density at radius 1 is 1.32 bits per heavy atom. The van der Waals surface area contributed by atoms with Gasteiger partial charge < -0.3 is 9.47 Å². The molecular formula is C10H9F2NO5S. The molecule has 0 bridgehead atoms. The van der Waals surface area contributed by atoms with Gasteiger partial charge in [-0.2, -0.15) is 0 Å². The van der Waals surface area contributed by atoms with Gasteiger partial charge in [-0.3, -0.25) is 0 Å². The molecule has 0 amide bonds. The molecule has 1 aromatic rings. The molecule has 0 radical (unpaired) electrons. The van der Waals surface area contributed by atoms with Crippen LogP contribution < -0.4 is 5.14 Å². The summed E-state index contributed by atoms with van der Waals surface area (Å²) in [5.74, 6) is -3.70. The van der Waals surface area contributed by atoms with Crippen LogP contribution in [0.5, 0.6) is 0 Å². The Morgan fingerprint density at radius 2 is 1.95 bits per heavy atom. The molecule has 1 fully saturated rings. The van der Waals surface area contributed by atoms with Gasteiger partial charge in [0.05, 0.1) is 18.8 Å². The minimum Gasteiger partial charge on any atom is -0.454 e. The highest BCUT2D eigenvalue weighted by molar-refractivity contribution is 7.89. The molecule has 1 aliphatic heterocycles. The van der Waals surface area contributed by atoms with Crippen molar-refractivity contribution in [2.24, 2.45) is 5.14 Å². The van der Waals surface area contributed by atoms with Gasteiger partial charge in [-0.25, -0.2) is 27.1 Å². The lowest BCUT2D eigenvalue weighted by atomic mass is 10.2. The second-order valence-corrected chi connectivity index (χ2v) is 5.40. The van der Waals surface area contributed by atoms with Crippen LogP contribution in [0.3, 0.4) is 0 Å². The summed E-state index contributed by atoms with van der Waals surface area (Å²) < 4.78 is 58.4. The zero-order valence-electron chi connectivity index (χ0n) is 9.43. The number of carbonyl (C=O) groups is 1. The van der Waals surface area contributed by atoms with Gasteiger partial charge >= 0.3 is 5.97 Å². The minimum absolute atomic E-state index is 0.177. The third kappa shape index (κ3) is 2.88. The molecule has 0 unspecified atom stereocenters. The van der Waals surface area contributed by atoms with Gasteiger partial charge in [0.15, 0.2) is 0 Å². The number of nitrogens with two attached hydrogens (primary N) is 1. The molecule has 0 aliphatic carbocycles. The maximum Gasteiger partial charge on any atom is 0.341 e. The van der Waals surface area contributed by atoms with Crippen molar-refractivity contribution in [1.82, 2.24) is 0 Å². The van der Waals surface area contributed by atoms with Gasteiger partial charge in [-0.1, -0.05) is 0 Å². The van der Waals surface area contributed by atoms with Gasteiger partial charge in [-0.15, -0.1) is 0 Å². The molecule has 0 aromatic heterocycles. The molecule has 19 heavy (non-hydrogen) atoms. The minimum atomic E-state index is -4.40. The molecule has 2 N–H and O–H groups in total. The summed E-state index contributed by atoms with van der Waals surface area (Å²) in [6, 6.07) is 0.787. The average molecular weight is 293 g/mol. The van der Waals surface area contributed by atoms with Crippen LogP contribution in [0.1, 0.15) is 10.4 Å². The fourth-order valence-corrected chi connectivity index (χ4v) is 2.01. The van der Waals surface area contributed by atoms with E-state index in [0.29, 0.717) is 6.07 Å². The topological polar surface area (TPSA) is 95.7 Å². The Kier molecular flexibility index (Phi) is 3.52. The van der Waals surface area contributed by atoms with Crippen molar-refractivity contribution >= 4 is 16.0 Å². The summed E-state index contributed by atoms with van der Waals surface area (Å²) in [6.45, 7) is 0.354. The first-order valence-electron chi connectivity index (χ1n) is 5.09. The van der Waals surface area contributed by atoms with E-state index in [2.05, 4.69) is 0 Å². The molecular weight excluding hydrogens is 284 g/mol. The van der Waals surface area contributed by atoms with Gasteiger partial charge in [-0.05, 0) is 6.07 Å². The second kappa shape index (κ2) is 4.83. The smallest absolute Gasteiger partial charge is 0.341 e. The predicted molar refractivity (Wildman–Crippen MR) is 57.8 cm³/mol. The van der Waals surface area contributed by atoms with E-state index in [0.717, 1.165) is 0 Å². The number of hydrogen-bond donors (Lipinski definition) is 1. The Labute approximate surface area is 107 Å². The maximum absolute atomic E-state index is 13.4. The fourth-order valence-electron chi connectivity index (χ4n) is 1.40. The zero-order chi connectivity index (χ0) is 14.2. The highest BCUT2D eigenvalue weighted by Crippen LogP contribution is 2.20. The Balaban J connectivity index is 2.36. The van der Waals surface area contributed by atoms with Gasteiger partial charge in [0, 0.05) is 6.07 Å². The van der Waals surface area contributed by atoms with Crippen molar-refractivity contribution in [3.63, 3.8) is 0 Å². The van der Waals surface area contributed by atoms with Crippen LogP contribution in [0.25, 0.3) is 0 Å². The van der Waals surface area contributed by atoms with Crippen molar-refractivity contribution in [3.8, 4) is 0 Å². The molecule has 0 saturated carbocycles. The highest BCUT2D eigenvalue weighted by atomic mass is 32.2. The van der Waals surface area contributed by atoms with E-state index < -0.39 is 44.2 Å². The summed E-state index contributed by atoms with van der Waals surface area (Å²) in [4.78, 5) is 10.6. The van der Waals surface area contributed by atoms with Crippen LogP contribution in [0.2, 0.25) is 0 Å². The third-order valence-electron chi connectivity index (χ3n) is 2.43. The first-order valence-corrected chi connectivity index (χ1v) is 6.64. The van der Waals surface area contributed by atoms with E-state index in [9.17, 15) is 22.0 Å². The number of benzene rings is 1. The lowest BCUT2D eigenvalue weighted by Gasteiger charge is -2.25. The van der Waals surface area contributed by atoms with E-state index in [1.165, 1.54) is 0 Å². The van der Waals surface area contributed by atoms with Crippen LogP contribution in [-0.2, 0) is 19.5 Å². The van der Waals surface area contributed by atoms with Crippen LogP contribution in [0.15, 0.2) is 17.0 Å². The Bertz CT molecular complexity index is 627. The van der Waals surface area contributed by atoms with E-state index in [1.807, 2.05) is 0 Å². The number of primary sulfonamides is 1. The van der Waals surface area contributed by atoms with E-state index in [-0.39, 0.29) is 19.3 Å². The number of ether oxygens (including phenoxy) is 2. The van der Waals surface area contributed by atoms with E-state index in [1.54, 1.807) is 0 Å². The fraction of sp³-hybridized carbons (Fsp3) is 0.300. The molecule has 104 valence electrons. The number of hydrogen-bond acceptors (Lipinski definition) is 5. The lowest BCUT2D eigenvalue weighted by Crippen LogP contribution is -2.38. The van der Waals surface area contributed by atoms with Gasteiger partial charge in [0.2, 0.25) is 10.0 Å². The Hall–Kier alpha value is -1.58. The molecule has 6 nitrogen and oxygen atoms in total. The second-order valence-electron chi connectivity index (χ2n) is 3.87. The standard InChI is InChI=1S/C10H9F2NO5S/c11-7-2-8(12)9(19(13,15)16)1-6(7)10(14)18-5-3-17-4-5/h1-2,5H,3-4H2,(H2,13,15,16). The highest BCUT2D eigenvalue weighted by Gasteiger charge is 2.27. The van der Waals surface area contributed by atoms with Crippen molar-refractivity contribution in [1.29, 1.82) is 0 Å². The molecule has 2 rings (SSSR count). The molecule has 0 atom stereocenters. The summed E-state index contributed by atoms with van der Waals surface area (Å²) in [5, 5.41) is 4.75. The number of rotatable bonds is 3. The Morgan fingerprint density at radius 3 is 2.42 bits per heavy atom. The predicted octanol–water partition coefficient (Wildman–Crippen LogP) is 0.168. The zero-order valence-corrected chi connectivity index (χ0v) is 10.2. The van der Waals surface area contributed by atoms with Gasteiger partial charge in [0.25, 0.3) is 0 Å².